The van der Waals surface area contributed by atoms with Gasteiger partial charge < -0.3 is 5.32 Å². The van der Waals surface area contributed by atoms with Crippen LogP contribution in [-0.2, 0) is 17.8 Å². The second kappa shape index (κ2) is 7.88. The van der Waals surface area contributed by atoms with Crippen molar-refractivity contribution in [3.63, 3.8) is 0 Å². The number of hydrogen-bond donors (Lipinski definition) is 1. The zero-order chi connectivity index (χ0) is 16.8. The lowest BCUT2D eigenvalue weighted by molar-refractivity contribution is -0.120. The molecule has 0 aromatic heterocycles. The fraction of sp³-hybridized carbons (Fsp3) is 0.316. The molecular weight excluding hydrogens is 291 g/mol. The van der Waals surface area contributed by atoms with Gasteiger partial charge in [-0.05, 0) is 55.8 Å². The van der Waals surface area contributed by atoms with E-state index in [0.717, 1.165) is 17.7 Å². The average Bonchev–Trinajstić information content (AvgIpc) is 2.56. The minimum Gasteiger partial charge on any atom is -0.325 e. The van der Waals surface area contributed by atoms with Gasteiger partial charge >= 0.3 is 0 Å². The molecule has 2 rings (SSSR count). The fourth-order valence-corrected chi connectivity index (χ4v) is 2.29. The first-order chi connectivity index (χ1) is 11.0. The summed E-state index contributed by atoms with van der Waals surface area (Å²) >= 11 is 0. The van der Waals surface area contributed by atoms with E-state index in [1.165, 1.54) is 17.7 Å². The first kappa shape index (κ1) is 17.2. The Balaban J connectivity index is 1.93. The minimum absolute atomic E-state index is 0.0566. The largest absolute Gasteiger partial charge is 0.325 e. The molecule has 0 saturated carbocycles. The Morgan fingerprint density at radius 1 is 1.09 bits per heavy atom. The van der Waals surface area contributed by atoms with E-state index in [1.807, 2.05) is 43.1 Å². The number of carbonyl (C=O) groups is 1. The van der Waals surface area contributed by atoms with Crippen LogP contribution in [0.1, 0.15) is 25.0 Å². The molecule has 23 heavy (non-hydrogen) atoms. The molecule has 0 bridgehead atoms. The molecule has 3 nitrogen and oxygen atoms in total. The third kappa shape index (κ3) is 4.89. The summed E-state index contributed by atoms with van der Waals surface area (Å²) in [5.74, 6) is -0.309. The third-order valence-corrected chi connectivity index (χ3v) is 4.02. The van der Waals surface area contributed by atoms with Gasteiger partial charge in [-0.1, -0.05) is 31.2 Å². The first-order valence-corrected chi connectivity index (χ1v) is 7.84. The number of likely N-dealkylation sites (N-methyl/N-ethyl adjacent to an activating group) is 1. The van der Waals surface area contributed by atoms with E-state index in [-0.39, 0.29) is 17.8 Å². The van der Waals surface area contributed by atoms with Crippen LogP contribution in [0.2, 0.25) is 0 Å². The van der Waals surface area contributed by atoms with Crippen molar-refractivity contribution in [3.05, 3.63) is 65.5 Å². The summed E-state index contributed by atoms with van der Waals surface area (Å²) in [6, 6.07) is 13.9. The van der Waals surface area contributed by atoms with Crippen LogP contribution < -0.4 is 5.32 Å². The van der Waals surface area contributed by atoms with E-state index in [1.54, 1.807) is 12.1 Å². The molecule has 0 heterocycles. The molecule has 1 atom stereocenters. The predicted octanol–water partition coefficient (Wildman–Crippen LogP) is 3.85. The Hall–Kier alpha value is -2.20. The smallest absolute Gasteiger partial charge is 0.241 e. The summed E-state index contributed by atoms with van der Waals surface area (Å²) in [4.78, 5) is 14.3. The summed E-state index contributed by atoms with van der Waals surface area (Å²) in [7, 11) is 1.88. The Labute approximate surface area is 137 Å². The van der Waals surface area contributed by atoms with Gasteiger partial charge in [0.15, 0.2) is 0 Å². The second-order valence-corrected chi connectivity index (χ2v) is 5.76. The van der Waals surface area contributed by atoms with Crippen molar-refractivity contribution in [2.75, 3.05) is 12.4 Å². The van der Waals surface area contributed by atoms with E-state index in [0.29, 0.717) is 6.54 Å². The molecular formula is C19H23FN2O. The Kier molecular flexibility index (Phi) is 5.88. The van der Waals surface area contributed by atoms with Crippen molar-refractivity contribution in [2.24, 2.45) is 0 Å². The van der Waals surface area contributed by atoms with Crippen LogP contribution in [0.5, 0.6) is 0 Å². The van der Waals surface area contributed by atoms with Crippen LogP contribution in [0.15, 0.2) is 48.5 Å². The van der Waals surface area contributed by atoms with E-state index >= 15 is 0 Å². The third-order valence-electron chi connectivity index (χ3n) is 4.02. The number of halogens is 1. The number of rotatable bonds is 6. The molecule has 0 spiro atoms. The molecule has 122 valence electrons. The number of hydrogen-bond acceptors (Lipinski definition) is 2. The topological polar surface area (TPSA) is 32.3 Å². The van der Waals surface area contributed by atoms with Crippen LogP contribution >= 0.6 is 0 Å². The fourth-order valence-electron chi connectivity index (χ4n) is 2.29. The maximum absolute atomic E-state index is 12.9. The molecule has 0 saturated heterocycles. The van der Waals surface area contributed by atoms with Crippen LogP contribution in [0, 0.1) is 5.82 Å². The van der Waals surface area contributed by atoms with Crippen LogP contribution in [0.3, 0.4) is 0 Å². The van der Waals surface area contributed by atoms with Crippen molar-refractivity contribution in [2.45, 2.75) is 32.9 Å². The van der Waals surface area contributed by atoms with Gasteiger partial charge in [-0.15, -0.1) is 0 Å². The van der Waals surface area contributed by atoms with Crippen molar-refractivity contribution < 1.29 is 9.18 Å². The van der Waals surface area contributed by atoms with E-state index in [2.05, 4.69) is 12.2 Å². The molecule has 0 aliphatic rings. The lowest BCUT2D eigenvalue weighted by atomic mass is 10.1. The summed E-state index contributed by atoms with van der Waals surface area (Å²) < 4.78 is 12.9. The maximum Gasteiger partial charge on any atom is 0.241 e. The van der Waals surface area contributed by atoms with Crippen LogP contribution in [0.25, 0.3) is 0 Å². The van der Waals surface area contributed by atoms with Crippen LogP contribution in [-0.4, -0.2) is 23.9 Å². The molecule has 0 aliphatic heterocycles. The van der Waals surface area contributed by atoms with E-state index < -0.39 is 0 Å². The van der Waals surface area contributed by atoms with Crippen molar-refractivity contribution in [1.82, 2.24) is 4.90 Å². The quantitative estimate of drug-likeness (QED) is 0.878. The summed E-state index contributed by atoms with van der Waals surface area (Å²) in [6.45, 7) is 4.54. The molecule has 2 aromatic carbocycles. The minimum atomic E-state index is -0.286. The molecule has 4 heteroatoms. The molecule has 0 aliphatic carbocycles. The first-order valence-electron chi connectivity index (χ1n) is 7.84. The SMILES string of the molecule is CCc1ccc(NC(=O)[C@@H](C)N(C)Cc2ccc(F)cc2)cc1. The van der Waals surface area contributed by atoms with Gasteiger partial charge in [0.2, 0.25) is 5.91 Å². The number of benzene rings is 2. The number of amides is 1. The number of nitrogens with one attached hydrogen (secondary N) is 1. The zero-order valence-corrected chi connectivity index (χ0v) is 13.8. The number of carbonyl (C=O) groups excluding carboxylic acids is 1. The van der Waals surface area contributed by atoms with Crippen molar-refractivity contribution in [1.29, 1.82) is 0 Å². The van der Waals surface area contributed by atoms with Gasteiger partial charge in [0.1, 0.15) is 5.82 Å². The van der Waals surface area contributed by atoms with Gasteiger partial charge in [-0.25, -0.2) is 4.39 Å². The lowest BCUT2D eigenvalue weighted by Gasteiger charge is -2.24. The highest BCUT2D eigenvalue weighted by molar-refractivity contribution is 5.94. The predicted molar refractivity (Wildman–Crippen MR) is 91.8 cm³/mol. The number of anilines is 1. The van der Waals surface area contributed by atoms with Gasteiger partial charge in [0.25, 0.3) is 0 Å². The second-order valence-electron chi connectivity index (χ2n) is 5.76. The van der Waals surface area contributed by atoms with E-state index in [9.17, 15) is 9.18 Å². The highest BCUT2D eigenvalue weighted by Crippen LogP contribution is 2.12. The van der Waals surface area contributed by atoms with Crippen molar-refractivity contribution in [3.8, 4) is 0 Å². The standard InChI is InChI=1S/C19H23FN2O/c1-4-15-7-11-18(12-8-15)21-19(23)14(2)22(3)13-16-5-9-17(20)10-6-16/h5-12,14H,4,13H2,1-3H3,(H,21,23)/t14-/m1/s1. The normalized spacial score (nSPS) is 12.2. The zero-order valence-electron chi connectivity index (χ0n) is 13.8. The Morgan fingerprint density at radius 3 is 2.22 bits per heavy atom. The summed E-state index contributed by atoms with van der Waals surface area (Å²) in [5, 5.41) is 2.93. The highest BCUT2D eigenvalue weighted by Gasteiger charge is 2.18. The molecule has 2 aromatic rings. The Morgan fingerprint density at radius 2 is 1.65 bits per heavy atom. The van der Waals surface area contributed by atoms with Gasteiger partial charge in [-0.2, -0.15) is 0 Å². The molecule has 1 N–H and O–H groups in total. The number of nitrogens with zero attached hydrogens (tertiary/aromatic N) is 1. The highest BCUT2D eigenvalue weighted by atomic mass is 19.1. The molecule has 0 fully saturated rings. The average molecular weight is 314 g/mol. The van der Waals surface area contributed by atoms with E-state index in [4.69, 9.17) is 0 Å². The monoisotopic (exact) mass is 314 g/mol. The van der Waals surface area contributed by atoms with Crippen LogP contribution in [0.4, 0.5) is 10.1 Å². The summed E-state index contributed by atoms with van der Waals surface area (Å²) in [5.41, 5.74) is 3.01. The van der Waals surface area contributed by atoms with Gasteiger partial charge in [0.05, 0.1) is 6.04 Å². The number of aryl methyl sites for hydroxylation is 1. The Bertz CT molecular complexity index is 637. The summed E-state index contributed by atoms with van der Waals surface area (Å²) in [6.07, 6.45) is 0.977. The molecule has 1 amide bonds. The van der Waals surface area contributed by atoms with Gasteiger partial charge in [0, 0.05) is 12.2 Å². The molecule has 0 radical (unpaired) electrons. The maximum atomic E-state index is 12.9. The molecule has 0 unspecified atom stereocenters. The lowest BCUT2D eigenvalue weighted by Crippen LogP contribution is -2.39. The van der Waals surface area contributed by atoms with Crippen molar-refractivity contribution >= 4 is 11.6 Å². The van der Waals surface area contributed by atoms with Gasteiger partial charge in [-0.3, -0.25) is 9.69 Å².